The third-order valence-electron chi connectivity index (χ3n) is 6.24. The molecule has 1 aromatic carbocycles. The summed E-state index contributed by atoms with van der Waals surface area (Å²) < 4.78 is 22.8. The van der Waals surface area contributed by atoms with Crippen LogP contribution in [0.15, 0.2) is 29.1 Å². The molecule has 1 aromatic heterocycles. The van der Waals surface area contributed by atoms with Crippen molar-refractivity contribution in [1.82, 2.24) is 14.4 Å². The highest BCUT2D eigenvalue weighted by atomic mass is 16.6. The molecule has 10 nitrogen and oxygen atoms in total. The number of aromatic hydroxyl groups is 1. The quantitative estimate of drug-likeness (QED) is 0.573. The second-order valence-electron chi connectivity index (χ2n) is 8.27. The Morgan fingerprint density at radius 1 is 1.06 bits per heavy atom. The maximum absolute atomic E-state index is 13.7. The van der Waals surface area contributed by atoms with Crippen LogP contribution in [0.3, 0.4) is 0 Å². The number of amides is 1. The fraction of sp³-hybridized carbons (Fsp3) is 0.520. The molecule has 0 radical (unpaired) electrons. The van der Waals surface area contributed by atoms with E-state index in [-0.39, 0.29) is 23.0 Å². The number of benzene rings is 1. The molecule has 1 N–H and O–H groups in total. The smallest absolute Gasteiger partial charge is 0.409 e. The standard InChI is InChI=1S/C25H35N3O7/c1-6-35-25(31)27-11-9-26(10-12-27)23(18-7-8-20(33-4)21(16-18)34-5)22-19(29)15-17(2)28(24(22)30)13-14-32-3/h7-8,15-16,23,29H,6,9-14H2,1-5H3/t23-/m0/s1. The molecule has 1 amide bonds. The molecule has 192 valence electrons. The van der Waals surface area contributed by atoms with Gasteiger partial charge in [-0.15, -0.1) is 0 Å². The zero-order chi connectivity index (χ0) is 25.5. The lowest BCUT2D eigenvalue weighted by atomic mass is 9.95. The minimum absolute atomic E-state index is 0.0752. The van der Waals surface area contributed by atoms with E-state index in [1.807, 2.05) is 12.1 Å². The lowest BCUT2D eigenvalue weighted by Gasteiger charge is -2.39. The summed E-state index contributed by atoms with van der Waals surface area (Å²) in [4.78, 5) is 29.6. The van der Waals surface area contributed by atoms with E-state index in [2.05, 4.69) is 4.90 Å². The minimum atomic E-state index is -0.568. The van der Waals surface area contributed by atoms with E-state index < -0.39 is 6.04 Å². The van der Waals surface area contributed by atoms with Crippen molar-refractivity contribution in [2.24, 2.45) is 0 Å². The van der Waals surface area contributed by atoms with E-state index in [0.29, 0.717) is 63.1 Å². The van der Waals surface area contributed by atoms with Crippen molar-refractivity contribution < 1.29 is 28.8 Å². The Morgan fingerprint density at radius 3 is 2.34 bits per heavy atom. The van der Waals surface area contributed by atoms with Crippen LogP contribution in [0.25, 0.3) is 0 Å². The van der Waals surface area contributed by atoms with E-state index in [1.165, 1.54) is 0 Å². The zero-order valence-corrected chi connectivity index (χ0v) is 21.1. The second-order valence-corrected chi connectivity index (χ2v) is 8.27. The van der Waals surface area contributed by atoms with Crippen molar-refractivity contribution in [3.63, 3.8) is 0 Å². The first-order valence-electron chi connectivity index (χ1n) is 11.7. The highest BCUT2D eigenvalue weighted by Crippen LogP contribution is 2.37. The van der Waals surface area contributed by atoms with Crippen molar-refractivity contribution in [1.29, 1.82) is 0 Å². The molecule has 0 unspecified atom stereocenters. The Bertz CT molecular complexity index is 1080. The first-order chi connectivity index (χ1) is 16.9. The number of hydrogen-bond donors (Lipinski definition) is 1. The second kappa shape index (κ2) is 11.9. The summed E-state index contributed by atoms with van der Waals surface area (Å²) in [6.07, 6.45) is -0.352. The molecule has 0 aliphatic carbocycles. The average molecular weight is 490 g/mol. The molecule has 35 heavy (non-hydrogen) atoms. The number of nitrogens with zero attached hydrogens (tertiary/aromatic N) is 3. The average Bonchev–Trinajstić information content (AvgIpc) is 2.86. The summed E-state index contributed by atoms with van der Waals surface area (Å²) in [7, 11) is 4.69. The highest BCUT2D eigenvalue weighted by Gasteiger charge is 2.33. The molecule has 1 saturated heterocycles. The van der Waals surface area contributed by atoms with Gasteiger partial charge < -0.3 is 33.5 Å². The van der Waals surface area contributed by atoms with Crippen molar-refractivity contribution in [2.45, 2.75) is 26.4 Å². The van der Waals surface area contributed by atoms with Gasteiger partial charge in [0.2, 0.25) is 0 Å². The summed E-state index contributed by atoms with van der Waals surface area (Å²) in [5, 5.41) is 11.0. The molecular formula is C25H35N3O7. The Balaban J connectivity index is 2.09. The number of methoxy groups -OCH3 is 3. The molecule has 1 atom stereocenters. The van der Waals surface area contributed by atoms with Gasteiger partial charge in [0.05, 0.1) is 39.0 Å². The molecule has 1 fully saturated rings. The Morgan fingerprint density at radius 2 is 1.74 bits per heavy atom. The largest absolute Gasteiger partial charge is 0.507 e. The summed E-state index contributed by atoms with van der Waals surface area (Å²) in [5.41, 5.74) is 1.39. The first kappa shape index (κ1) is 26.4. The third kappa shape index (κ3) is 5.71. The van der Waals surface area contributed by atoms with E-state index in [0.717, 1.165) is 5.56 Å². The van der Waals surface area contributed by atoms with Crippen molar-refractivity contribution in [3.05, 3.63) is 51.4 Å². The fourth-order valence-corrected chi connectivity index (χ4v) is 4.45. The number of carbonyl (C=O) groups excluding carboxylic acids is 1. The summed E-state index contributed by atoms with van der Waals surface area (Å²) in [6, 6.07) is 6.50. The van der Waals surface area contributed by atoms with Crippen molar-refractivity contribution in [2.75, 3.05) is 60.7 Å². The van der Waals surface area contributed by atoms with Gasteiger partial charge in [-0.05, 0) is 37.6 Å². The van der Waals surface area contributed by atoms with Gasteiger partial charge in [0.15, 0.2) is 11.5 Å². The number of ether oxygens (including phenoxy) is 4. The maximum Gasteiger partial charge on any atom is 0.409 e. The van der Waals surface area contributed by atoms with Crippen LogP contribution in [0, 0.1) is 6.92 Å². The number of aryl methyl sites for hydroxylation is 1. The van der Waals surface area contributed by atoms with Crippen LogP contribution in [0.1, 0.15) is 29.8 Å². The van der Waals surface area contributed by atoms with E-state index in [1.54, 1.807) is 56.8 Å². The molecule has 2 heterocycles. The van der Waals surface area contributed by atoms with Gasteiger partial charge >= 0.3 is 6.09 Å². The monoisotopic (exact) mass is 489 g/mol. The topological polar surface area (TPSA) is 103 Å². The van der Waals surface area contributed by atoms with Crippen LogP contribution in [0.4, 0.5) is 4.79 Å². The van der Waals surface area contributed by atoms with Gasteiger partial charge in [0.25, 0.3) is 5.56 Å². The van der Waals surface area contributed by atoms with Crippen molar-refractivity contribution >= 4 is 6.09 Å². The van der Waals surface area contributed by atoms with Crippen LogP contribution in [-0.2, 0) is 16.0 Å². The molecular weight excluding hydrogens is 454 g/mol. The number of rotatable bonds is 9. The Hall–Kier alpha value is -3.24. The molecule has 3 rings (SSSR count). The van der Waals surface area contributed by atoms with Gasteiger partial charge in [-0.1, -0.05) is 6.07 Å². The minimum Gasteiger partial charge on any atom is -0.507 e. The van der Waals surface area contributed by atoms with Crippen LogP contribution in [0.2, 0.25) is 0 Å². The van der Waals surface area contributed by atoms with Gasteiger partial charge in [-0.25, -0.2) is 4.79 Å². The lowest BCUT2D eigenvalue weighted by molar-refractivity contribution is 0.0708. The molecule has 1 aliphatic heterocycles. The summed E-state index contributed by atoms with van der Waals surface area (Å²) >= 11 is 0. The lowest BCUT2D eigenvalue weighted by Crippen LogP contribution is -2.50. The van der Waals surface area contributed by atoms with Gasteiger partial charge in [0.1, 0.15) is 5.75 Å². The van der Waals surface area contributed by atoms with Gasteiger partial charge in [0, 0.05) is 45.5 Å². The molecule has 2 aromatic rings. The van der Waals surface area contributed by atoms with Crippen LogP contribution >= 0.6 is 0 Å². The summed E-state index contributed by atoms with van der Waals surface area (Å²) in [5.74, 6) is 1.01. The third-order valence-corrected chi connectivity index (χ3v) is 6.24. The van der Waals surface area contributed by atoms with Crippen molar-refractivity contribution in [3.8, 4) is 17.2 Å². The predicted octanol–water partition coefficient (Wildman–Crippen LogP) is 2.39. The molecule has 0 bridgehead atoms. The fourth-order valence-electron chi connectivity index (χ4n) is 4.45. The summed E-state index contributed by atoms with van der Waals surface area (Å²) in [6.45, 7) is 6.45. The van der Waals surface area contributed by atoms with E-state index >= 15 is 0 Å². The number of hydrogen-bond acceptors (Lipinski definition) is 8. The Kier molecular flexibility index (Phi) is 9.00. The zero-order valence-electron chi connectivity index (χ0n) is 21.1. The number of aromatic nitrogens is 1. The predicted molar refractivity (Wildman–Crippen MR) is 131 cm³/mol. The number of pyridine rings is 1. The van der Waals surface area contributed by atoms with Gasteiger partial charge in [-0.2, -0.15) is 0 Å². The first-order valence-corrected chi connectivity index (χ1v) is 11.7. The molecule has 1 aliphatic rings. The Labute approximate surface area is 205 Å². The SMILES string of the molecule is CCOC(=O)N1CCN([C@@H](c2ccc(OC)c(OC)c2)c2c(O)cc(C)n(CCOC)c2=O)CC1. The van der Waals surface area contributed by atoms with Crippen LogP contribution in [0.5, 0.6) is 17.2 Å². The molecule has 10 heteroatoms. The molecule has 0 saturated carbocycles. The van der Waals surface area contributed by atoms with Crippen LogP contribution in [-0.4, -0.2) is 86.3 Å². The maximum atomic E-state index is 13.7. The van der Waals surface area contributed by atoms with Crippen LogP contribution < -0.4 is 15.0 Å². The number of carbonyl (C=O) groups is 1. The van der Waals surface area contributed by atoms with E-state index in [9.17, 15) is 14.7 Å². The van der Waals surface area contributed by atoms with Gasteiger partial charge in [-0.3, -0.25) is 9.69 Å². The molecule has 0 spiro atoms. The van der Waals surface area contributed by atoms with E-state index in [4.69, 9.17) is 18.9 Å². The number of piperazine rings is 1. The normalized spacial score (nSPS) is 15.1. The highest BCUT2D eigenvalue weighted by molar-refractivity contribution is 5.67.